The van der Waals surface area contributed by atoms with Crippen LogP contribution < -0.4 is 9.80 Å². The van der Waals surface area contributed by atoms with Gasteiger partial charge in [0.05, 0.1) is 22.1 Å². The number of thiophene rings is 1. The molecule has 130 heavy (non-hydrogen) atoms. The normalized spacial score (nSPS) is 12.5. The molecule has 0 saturated heterocycles. The fourth-order valence-corrected chi connectivity index (χ4v) is 19.8. The maximum Gasteiger partial charge on any atom is 2.00 e. The summed E-state index contributed by atoms with van der Waals surface area (Å²) in [6, 6.07) is 142. The van der Waals surface area contributed by atoms with Crippen LogP contribution in [0.15, 0.2) is 406 Å². The Labute approximate surface area is 786 Å². The number of nitrogens with zero attached hydrogens (tertiary/aromatic N) is 10. The maximum atomic E-state index is 6.67. The average Bonchev–Trinajstić information content (AvgIpc) is 1.55. The van der Waals surface area contributed by atoms with Gasteiger partial charge in [-0.3, -0.25) is 0 Å². The molecule has 11 nitrogen and oxygen atoms in total. The minimum Gasteiger partial charge on any atom is -0.456 e. The van der Waals surface area contributed by atoms with Crippen molar-refractivity contribution < 1.29 is 46.5 Å². The van der Waals surface area contributed by atoms with Crippen molar-refractivity contribution in [3.8, 4) is 122 Å². The zero-order valence-corrected chi connectivity index (χ0v) is 76.4. The molecule has 624 valence electrons. The van der Waals surface area contributed by atoms with Crippen LogP contribution in [0.5, 0.6) is 0 Å². The summed E-state index contributed by atoms with van der Waals surface area (Å²) in [7, 11) is 0. The fraction of sp³-hybridized carbons (Fsp3) is 0.0517. The monoisotopic (exact) mass is 2050 g/mol. The maximum absolute atomic E-state index is 6.67. The number of hydrogen-bond donors (Lipinski definition) is 0. The number of fused-ring (bicyclic) bond motifs is 12. The second-order valence-electron chi connectivity index (χ2n) is 33.4. The SMILES string of the molecule is CC1(C)c2ccccc2-c2cc3c4cc(-c5ccc(-c6ccc(N(c7[c-]c(-c8ccccn8)ccc7)c7[c-]c(-c8ccccn8)ccc7)nc6)o5)ccc4n(-c4ccccc4)c3cc21.CC1(C)c2ccccc2-c2cc3c4cc(-c5ccc(-c6ccc(N(c7[c-]c(-c8ccccn8)ccc7)c7[c-]c(-c8ccccn8)ccc7)nc6)s5)ccc4n(-c4ccccc4)c3cc21.[Pt+2].[Pt+2]. The minimum atomic E-state index is -0.105. The van der Waals surface area contributed by atoms with Crippen LogP contribution >= 0.6 is 11.3 Å². The molecule has 0 atom stereocenters. The quantitative estimate of drug-likeness (QED) is 0.0874. The van der Waals surface area contributed by atoms with Crippen LogP contribution in [0.3, 0.4) is 0 Å². The molecule has 14 heteroatoms. The molecule has 0 aliphatic heterocycles. The molecule has 22 aromatic rings. The van der Waals surface area contributed by atoms with Crippen LogP contribution in [-0.4, -0.2) is 39.0 Å². The van der Waals surface area contributed by atoms with Crippen LogP contribution in [0.4, 0.5) is 34.4 Å². The average molecular weight is 2050 g/mol. The van der Waals surface area contributed by atoms with E-state index in [1.807, 2.05) is 158 Å². The van der Waals surface area contributed by atoms with Crippen molar-refractivity contribution in [2.45, 2.75) is 38.5 Å². The Hall–Kier alpha value is -14.9. The number of anilines is 6. The molecular formula is C116H78N10OPt2S. The van der Waals surface area contributed by atoms with Crippen molar-refractivity contribution in [2.24, 2.45) is 0 Å². The van der Waals surface area contributed by atoms with E-state index in [1.54, 1.807) is 36.1 Å². The van der Waals surface area contributed by atoms with Crippen molar-refractivity contribution in [1.29, 1.82) is 0 Å². The molecule has 0 saturated carbocycles. The van der Waals surface area contributed by atoms with E-state index < -0.39 is 0 Å². The molecule has 0 bridgehead atoms. The minimum absolute atomic E-state index is 0. The first-order chi connectivity index (χ1) is 62.9. The molecule has 10 aromatic heterocycles. The van der Waals surface area contributed by atoms with Gasteiger partial charge in [-0.05, 0) is 247 Å². The first-order valence-electron chi connectivity index (χ1n) is 43.0. The summed E-state index contributed by atoms with van der Waals surface area (Å²) < 4.78 is 11.5. The van der Waals surface area contributed by atoms with Crippen molar-refractivity contribution in [3.63, 3.8) is 0 Å². The summed E-state index contributed by atoms with van der Waals surface area (Å²) >= 11 is 1.79. The van der Waals surface area contributed by atoms with Gasteiger partial charge in [0, 0.05) is 107 Å². The van der Waals surface area contributed by atoms with E-state index in [2.05, 4.69) is 309 Å². The van der Waals surface area contributed by atoms with Crippen LogP contribution in [0.25, 0.3) is 166 Å². The Bertz CT molecular complexity index is 7360. The third kappa shape index (κ3) is 14.7. The smallest absolute Gasteiger partial charge is 0.456 e. The van der Waals surface area contributed by atoms with Gasteiger partial charge in [0.25, 0.3) is 0 Å². The molecule has 0 radical (unpaired) electrons. The second-order valence-corrected chi connectivity index (χ2v) is 34.5. The summed E-state index contributed by atoms with van der Waals surface area (Å²) in [5, 5.41) is 4.90. The molecule has 12 aromatic carbocycles. The number of hydrogen-bond acceptors (Lipinski definition) is 10. The van der Waals surface area contributed by atoms with Crippen LogP contribution in [-0.2, 0) is 53.0 Å². The Morgan fingerprint density at radius 3 is 1.03 bits per heavy atom. The largest absolute Gasteiger partial charge is 2.00 e. The zero-order chi connectivity index (χ0) is 85.6. The van der Waals surface area contributed by atoms with Crippen LogP contribution in [0, 0.1) is 24.3 Å². The number of benzene rings is 12. The topological polar surface area (TPSA) is 107 Å². The molecule has 0 unspecified atom stereocenters. The third-order valence-corrected chi connectivity index (χ3v) is 26.3. The number of para-hydroxylation sites is 2. The first kappa shape index (κ1) is 82.1. The molecular weight excluding hydrogens is 1970 g/mol. The predicted octanol–water partition coefficient (Wildman–Crippen LogP) is 29.7. The molecule has 10 heterocycles. The summed E-state index contributed by atoms with van der Waals surface area (Å²) in [5.41, 5.74) is 32.0. The van der Waals surface area contributed by atoms with Crippen molar-refractivity contribution in [1.82, 2.24) is 39.0 Å². The first-order valence-corrected chi connectivity index (χ1v) is 43.8. The molecule has 0 fully saturated rings. The van der Waals surface area contributed by atoms with E-state index >= 15 is 0 Å². The molecule has 0 amide bonds. The number of rotatable bonds is 16. The second kappa shape index (κ2) is 34.0. The fourth-order valence-electron chi connectivity index (χ4n) is 18.9. The Morgan fingerprint density at radius 1 is 0.277 bits per heavy atom. The van der Waals surface area contributed by atoms with E-state index in [0.29, 0.717) is 5.82 Å². The van der Waals surface area contributed by atoms with Crippen LogP contribution in [0.1, 0.15) is 49.9 Å². The van der Waals surface area contributed by atoms with E-state index in [0.717, 1.165) is 124 Å². The Kier molecular flexibility index (Phi) is 21.5. The molecule has 2 aliphatic rings. The molecule has 24 rings (SSSR count). The van der Waals surface area contributed by atoms with E-state index in [-0.39, 0.29) is 53.0 Å². The van der Waals surface area contributed by atoms with Gasteiger partial charge in [-0.1, -0.05) is 167 Å². The standard InChI is InChI=1S/C58H39N5O.C58H39N5S.2Pt/c2*1-58(2)49-21-7-6-20-45(49)46-35-48-47-34-40(24-26-53(47)63(54(48)36-50(46)58)42-16-4-3-5-17-42)55-27-28-56(64-55)41-25-29-57(61-37-41)62(43-18-12-14-38(32-43)51-22-8-10-30-59-51)44-19-13-15-39(33-44)52-23-9-11-31-60-52;;/h2*3-31,34-37H,1-2H3;;/q2*-2;2*+2. The van der Waals surface area contributed by atoms with E-state index in [1.165, 1.54) is 93.0 Å². The van der Waals surface area contributed by atoms with Crippen molar-refractivity contribution in [2.75, 3.05) is 9.80 Å². The van der Waals surface area contributed by atoms with Gasteiger partial charge in [-0.15, -0.1) is 131 Å². The summed E-state index contributed by atoms with van der Waals surface area (Å²) in [5.74, 6) is 2.98. The van der Waals surface area contributed by atoms with Crippen LogP contribution in [0.2, 0.25) is 0 Å². The van der Waals surface area contributed by atoms with Crippen molar-refractivity contribution in [3.05, 3.63) is 448 Å². The Morgan fingerprint density at radius 2 is 0.631 bits per heavy atom. The predicted molar refractivity (Wildman–Crippen MR) is 522 cm³/mol. The number of pyridine rings is 6. The van der Waals surface area contributed by atoms with Gasteiger partial charge in [0.2, 0.25) is 0 Å². The zero-order valence-electron chi connectivity index (χ0n) is 71.0. The number of furan rings is 1. The van der Waals surface area contributed by atoms with Gasteiger partial charge < -0.3 is 43.3 Å². The summed E-state index contributed by atoms with van der Waals surface area (Å²) in [6.07, 6.45) is 11.0. The van der Waals surface area contributed by atoms with E-state index in [4.69, 9.17) is 14.4 Å². The van der Waals surface area contributed by atoms with Gasteiger partial charge in [-0.2, -0.15) is 0 Å². The van der Waals surface area contributed by atoms with E-state index in [9.17, 15) is 0 Å². The summed E-state index contributed by atoms with van der Waals surface area (Å²) in [6.45, 7) is 9.39. The van der Waals surface area contributed by atoms with Crippen molar-refractivity contribution >= 4 is 89.3 Å². The Balaban J connectivity index is 0.000000155. The van der Waals surface area contributed by atoms with Gasteiger partial charge in [-0.25, -0.2) is 9.97 Å². The van der Waals surface area contributed by atoms with Gasteiger partial charge >= 0.3 is 42.1 Å². The van der Waals surface area contributed by atoms with Gasteiger partial charge in [0.1, 0.15) is 23.2 Å². The molecule has 2 aliphatic carbocycles. The number of aromatic nitrogens is 8. The van der Waals surface area contributed by atoms with Gasteiger partial charge in [0.15, 0.2) is 0 Å². The molecule has 0 N–H and O–H groups in total. The molecule has 0 spiro atoms. The third-order valence-electron chi connectivity index (χ3n) is 25.1. The summed E-state index contributed by atoms with van der Waals surface area (Å²) in [4.78, 5) is 35.1.